The summed E-state index contributed by atoms with van der Waals surface area (Å²) in [5.41, 5.74) is 4.89. The molecule has 2 N–H and O–H groups in total. The zero-order chi connectivity index (χ0) is 22.8. The second-order valence-corrected chi connectivity index (χ2v) is 7.82. The number of amides is 1. The van der Waals surface area contributed by atoms with Crippen LogP contribution in [0.15, 0.2) is 85.6 Å². The summed E-state index contributed by atoms with van der Waals surface area (Å²) in [6.45, 7) is 2.02. The molecule has 162 valence electrons. The van der Waals surface area contributed by atoms with Crippen molar-refractivity contribution in [2.24, 2.45) is 7.05 Å². The van der Waals surface area contributed by atoms with Crippen molar-refractivity contribution >= 4 is 33.9 Å². The van der Waals surface area contributed by atoms with Crippen LogP contribution in [-0.2, 0) is 7.05 Å². The predicted octanol–water partition coefficient (Wildman–Crippen LogP) is 5.33. The zero-order valence-corrected chi connectivity index (χ0v) is 18.3. The van der Waals surface area contributed by atoms with E-state index in [1.54, 1.807) is 35.5 Å². The Balaban J connectivity index is 1.55. The number of aryl methyl sites for hydroxylation is 2. The van der Waals surface area contributed by atoms with E-state index in [0.29, 0.717) is 17.1 Å². The van der Waals surface area contributed by atoms with E-state index < -0.39 is 0 Å². The minimum atomic E-state index is -0.230. The third-order valence-electron chi connectivity index (χ3n) is 5.50. The van der Waals surface area contributed by atoms with Crippen LogP contribution < -0.4 is 10.6 Å². The van der Waals surface area contributed by atoms with Gasteiger partial charge in [-0.05, 0) is 42.1 Å². The average Bonchev–Trinajstić information content (AvgIpc) is 3.27. The molecule has 5 aromatic rings. The van der Waals surface area contributed by atoms with E-state index in [9.17, 15) is 4.79 Å². The Morgan fingerprint density at radius 2 is 1.82 bits per heavy atom. The number of hydrogen-bond acceptors (Lipinski definition) is 5. The summed E-state index contributed by atoms with van der Waals surface area (Å²) in [5, 5.41) is 12.4. The number of pyridine rings is 2. The molecule has 33 heavy (non-hydrogen) atoms. The van der Waals surface area contributed by atoms with E-state index in [1.165, 1.54) is 0 Å². The van der Waals surface area contributed by atoms with Gasteiger partial charge in [0.2, 0.25) is 0 Å². The number of fused-ring (bicyclic) bond motifs is 1. The fourth-order valence-corrected chi connectivity index (χ4v) is 3.73. The van der Waals surface area contributed by atoms with Gasteiger partial charge in [0.05, 0.1) is 11.9 Å². The molecule has 7 heteroatoms. The largest absolute Gasteiger partial charge is 0.338 e. The normalized spacial score (nSPS) is 10.8. The Kier molecular flexibility index (Phi) is 5.28. The van der Waals surface area contributed by atoms with E-state index in [0.717, 1.165) is 33.2 Å². The van der Waals surface area contributed by atoms with E-state index in [-0.39, 0.29) is 5.91 Å². The number of anilines is 3. The van der Waals surface area contributed by atoms with Gasteiger partial charge < -0.3 is 10.6 Å². The molecule has 3 heterocycles. The highest BCUT2D eigenvalue weighted by molar-refractivity contribution is 6.13. The average molecular weight is 435 g/mol. The summed E-state index contributed by atoms with van der Waals surface area (Å²) < 4.78 is 1.73. The Hall–Kier alpha value is -4.52. The highest BCUT2D eigenvalue weighted by atomic mass is 16.1. The number of nitrogens with one attached hydrogen (secondary N) is 2. The number of carbonyl (C=O) groups excluding carboxylic acids is 1. The van der Waals surface area contributed by atoms with E-state index in [4.69, 9.17) is 0 Å². The number of rotatable bonds is 5. The summed E-state index contributed by atoms with van der Waals surface area (Å²) in [5.74, 6) is 0.329. The molecule has 0 fully saturated rings. The highest BCUT2D eigenvalue weighted by Crippen LogP contribution is 2.30. The molecule has 5 rings (SSSR count). The summed E-state index contributed by atoms with van der Waals surface area (Å²) in [4.78, 5) is 22.2. The Morgan fingerprint density at radius 1 is 0.939 bits per heavy atom. The van der Waals surface area contributed by atoms with Crippen molar-refractivity contribution in [3.8, 4) is 11.1 Å². The first-order chi connectivity index (χ1) is 16.1. The van der Waals surface area contributed by atoms with Crippen LogP contribution in [-0.4, -0.2) is 25.7 Å². The lowest BCUT2D eigenvalue weighted by Crippen LogP contribution is -2.14. The van der Waals surface area contributed by atoms with Gasteiger partial charge in [0.1, 0.15) is 0 Å². The maximum Gasteiger partial charge on any atom is 0.256 e. The van der Waals surface area contributed by atoms with E-state index >= 15 is 0 Å². The van der Waals surface area contributed by atoms with Crippen LogP contribution in [0.3, 0.4) is 0 Å². The number of para-hydroxylation sites is 1. The van der Waals surface area contributed by atoms with Crippen molar-refractivity contribution in [2.45, 2.75) is 6.92 Å². The van der Waals surface area contributed by atoms with Crippen LogP contribution in [0.2, 0.25) is 0 Å². The Labute approximate surface area is 191 Å². The van der Waals surface area contributed by atoms with Crippen molar-refractivity contribution < 1.29 is 4.79 Å². The maximum absolute atomic E-state index is 13.3. The lowest BCUT2D eigenvalue weighted by molar-refractivity contribution is 0.102. The summed E-state index contributed by atoms with van der Waals surface area (Å²) in [6.07, 6.45) is 8.88. The SMILES string of the molecule is Cc1ccccc1Nc1ncc(-c2cnn(C)c2)cc1NC(=O)c1cccc2ccncc12. The molecular formula is C26H22N6O. The second-order valence-electron chi connectivity index (χ2n) is 7.82. The van der Waals surface area contributed by atoms with Gasteiger partial charge in [-0.1, -0.05) is 30.3 Å². The van der Waals surface area contributed by atoms with E-state index in [2.05, 4.69) is 25.7 Å². The van der Waals surface area contributed by atoms with Gasteiger partial charge in [0, 0.05) is 59.6 Å². The molecule has 0 bridgehead atoms. The summed E-state index contributed by atoms with van der Waals surface area (Å²) in [7, 11) is 1.86. The van der Waals surface area contributed by atoms with Crippen LogP contribution in [0.4, 0.5) is 17.2 Å². The third kappa shape index (κ3) is 4.16. The molecule has 1 amide bonds. The predicted molar refractivity (Wildman–Crippen MR) is 131 cm³/mol. The van der Waals surface area contributed by atoms with Crippen molar-refractivity contribution in [1.29, 1.82) is 0 Å². The van der Waals surface area contributed by atoms with Gasteiger partial charge in [0.25, 0.3) is 5.91 Å². The van der Waals surface area contributed by atoms with Crippen LogP contribution in [0.25, 0.3) is 21.9 Å². The maximum atomic E-state index is 13.3. The summed E-state index contributed by atoms with van der Waals surface area (Å²) >= 11 is 0. The topological polar surface area (TPSA) is 84.7 Å². The molecule has 0 unspecified atom stereocenters. The Morgan fingerprint density at radius 3 is 2.64 bits per heavy atom. The molecule has 0 radical (unpaired) electrons. The highest BCUT2D eigenvalue weighted by Gasteiger charge is 2.15. The van der Waals surface area contributed by atoms with Gasteiger partial charge in [-0.25, -0.2) is 4.98 Å². The van der Waals surface area contributed by atoms with Gasteiger partial charge in [-0.2, -0.15) is 5.10 Å². The monoisotopic (exact) mass is 434 g/mol. The number of carbonyl (C=O) groups is 1. The Bertz CT molecular complexity index is 1470. The molecule has 0 aliphatic rings. The third-order valence-corrected chi connectivity index (χ3v) is 5.50. The number of benzene rings is 2. The molecule has 2 aromatic carbocycles. The molecule has 0 spiro atoms. The van der Waals surface area contributed by atoms with Crippen LogP contribution >= 0.6 is 0 Å². The summed E-state index contributed by atoms with van der Waals surface area (Å²) in [6, 6.07) is 17.4. The van der Waals surface area contributed by atoms with Gasteiger partial charge in [0.15, 0.2) is 5.82 Å². The number of aromatic nitrogens is 4. The molecule has 3 aromatic heterocycles. The fourth-order valence-electron chi connectivity index (χ4n) is 3.73. The number of nitrogens with zero attached hydrogens (tertiary/aromatic N) is 4. The smallest absolute Gasteiger partial charge is 0.256 e. The van der Waals surface area contributed by atoms with Crippen LogP contribution in [0, 0.1) is 6.92 Å². The minimum Gasteiger partial charge on any atom is -0.338 e. The molecular weight excluding hydrogens is 412 g/mol. The molecule has 0 atom stereocenters. The second kappa shape index (κ2) is 8.55. The molecule has 7 nitrogen and oxygen atoms in total. The van der Waals surface area contributed by atoms with Crippen molar-refractivity contribution in [3.05, 3.63) is 96.7 Å². The fraction of sp³-hybridized carbons (Fsp3) is 0.0769. The lowest BCUT2D eigenvalue weighted by atomic mass is 10.1. The van der Waals surface area contributed by atoms with Gasteiger partial charge in [-0.15, -0.1) is 0 Å². The standard InChI is InChI=1S/C26H22N6O/c1-17-6-3-4-9-23(17)30-25-24(12-19(13-28-25)20-14-29-32(2)16-20)31-26(33)21-8-5-7-18-10-11-27-15-22(18)21/h3-16H,1-2H3,(H,28,30)(H,31,33). The number of hydrogen-bond donors (Lipinski definition) is 2. The molecule has 0 aliphatic carbocycles. The zero-order valence-electron chi connectivity index (χ0n) is 18.3. The lowest BCUT2D eigenvalue weighted by Gasteiger charge is -2.15. The van der Waals surface area contributed by atoms with Gasteiger partial charge >= 0.3 is 0 Å². The molecule has 0 aliphatic heterocycles. The van der Waals surface area contributed by atoms with Crippen molar-refractivity contribution in [2.75, 3.05) is 10.6 Å². The van der Waals surface area contributed by atoms with Crippen LogP contribution in [0.5, 0.6) is 0 Å². The molecule has 0 saturated carbocycles. The van der Waals surface area contributed by atoms with Crippen molar-refractivity contribution in [3.63, 3.8) is 0 Å². The first kappa shape index (κ1) is 20.4. The minimum absolute atomic E-state index is 0.230. The first-order valence-corrected chi connectivity index (χ1v) is 10.5. The quantitative estimate of drug-likeness (QED) is 0.390. The molecule has 0 saturated heterocycles. The first-order valence-electron chi connectivity index (χ1n) is 10.5. The van der Waals surface area contributed by atoms with Crippen LogP contribution in [0.1, 0.15) is 15.9 Å². The van der Waals surface area contributed by atoms with E-state index in [1.807, 2.05) is 68.7 Å². The van der Waals surface area contributed by atoms with Gasteiger partial charge in [-0.3, -0.25) is 14.5 Å². The van der Waals surface area contributed by atoms with Crippen molar-refractivity contribution in [1.82, 2.24) is 19.7 Å².